The van der Waals surface area contributed by atoms with Gasteiger partial charge >= 0.3 is 0 Å². The van der Waals surface area contributed by atoms with E-state index in [1.165, 1.54) is 69.3 Å². The van der Waals surface area contributed by atoms with Crippen molar-refractivity contribution in [1.82, 2.24) is 0 Å². The number of para-hydroxylation sites is 1. The molecule has 1 heterocycles. The summed E-state index contributed by atoms with van der Waals surface area (Å²) in [5, 5.41) is 11.8. The lowest BCUT2D eigenvalue weighted by Crippen LogP contribution is -2.29. The van der Waals surface area contributed by atoms with E-state index in [1.54, 1.807) is 0 Å². The van der Waals surface area contributed by atoms with E-state index in [-0.39, 0.29) is 0 Å². The van der Waals surface area contributed by atoms with E-state index in [9.17, 15) is 0 Å². The van der Waals surface area contributed by atoms with Crippen LogP contribution in [0.5, 0.6) is 0 Å². The third-order valence-electron chi connectivity index (χ3n) is 10.9. The standard InChI is InChI=1S/C51H40N2S/c1-34-27-28-40-32-46(52-41-22-13-20-37(30-41)35-15-5-2-6-16-35)50-49(45(40)29-34)48-44-26-12-11-19-39(44)33-47(51(48)54-50)53(42-23-9-4-10-24-42)43-25-14-21-38(31-43)36-17-7-3-8-18-36/h3-5,7-26,28-34,52H,2,6,27H2,1H3. The number of nitrogens with one attached hydrogen (secondary N) is 1. The Morgan fingerprint density at radius 3 is 2.24 bits per heavy atom. The number of thiophene rings is 1. The molecule has 1 aromatic heterocycles. The number of hydrogen-bond donors (Lipinski definition) is 1. The monoisotopic (exact) mass is 712 g/mol. The average Bonchev–Trinajstić information content (AvgIpc) is 3.65. The second-order valence-corrected chi connectivity index (χ2v) is 15.6. The summed E-state index contributed by atoms with van der Waals surface area (Å²) in [5.74, 6) is 0.471. The quantitative estimate of drug-likeness (QED) is 0.177. The van der Waals surface area contributed by atoms with Crippen LogP contribution in [0.15, 0.2) is 164 Å². The summed E-state index contributed by atoms with van der Waals surface area (Å²) in [6.07, 6.45) is 15.1. The molecule has 0 saturated carbocycles. The Balaban J connectivity index is 1.26. The SMILES string of the molecule is CC1C=c2c(cc(Nc3cccc(C4=CCCC=C4)c3)c3sc4c(N(c5ccccc5)c5cccc(-c6ccccc6)c5)cc5ccccc5c4c23)=CC1. The van der Waals surface area contributed by atoms with Gasteiger partial charge in [-0.25, -0.2) is 0 Å². The molecule has 8 aromatic rings. The minimum atomic E-state index is 0.471. The van der Waals surface area contributed by atoms with Crippen molar-refractivity contribution < 1.29 is 0 Å². The largest absolute Gasteiger partial charge is 0.354 e. The van der Waals surface area contributed by atoms with E-state index in [4.69, 9.17) is 0 Å². The van der Waals surface area contributed by atoms with Gasteiger partial charge in [0.15, 0.2) is 0 Å². The van der Waals surface area contributed by atoms with Gasteiger partial charge in [0.05, 0.1) is 20.8 Å². The fourth-order valence-corrected chi connectivity index (χ4v) is 9.62. The van der Waals surface area contributed by atoms with E-state index < -0.39 is 0 Å². The highest BCUT2D eigenvalue weighted by atomic mass is 32.1. The molecule has 1 unspecified atom stereocenters. The highest BCUT2D eigenvalue weighted by Crippen LogP contribution is 2.49. The second-order valence-electron chi connectivity index (χ2n) is 14.6. The van der Waals surface area contributed by atoms with Crippen LogP contribution in [0.25, 0.3) is 59.8 Å². The van der Waals surface area contributed by atoms with Crippen LogP contribution in [-0.4, -0.2) is 0 Å². The van der Waals surface area contributed by atoms with Crippen molar-refractivity contribution in [2.24, 2.45) is 5.92 Å². The lowest BCUT2D eigenvalue weighted by Gasteiger charge is -2.27. The second kappa shape index (κ2) is 13.7. The molecule has 3 heteroatoms. The van der Waals surface area contributed by atoms with Crippen LogP contribution in [0.4, 0.5) is 28.4 Å². The highest BCUT2D eigenvalue weighted by Gasteiger charge is 2.23. The molecule has 1 N–H and O–H groups in total. The first-order valence-electron chi connectivity index (χ1n) is 19.1. The van der Waals surface area contributed by atoms with Crippen molar-refractivity contribution in [2.45, 2.75) is 26.2 Å². The Labute approximate surface area is 320 Å². The van der Waals surface area contributed by atoms with Crippen molar-refractivity contribution in [3.05, 3.63) is 180 Å². The molecule has 2 aliphatic rings. The Kier molecular flexibility index (Phi) is 8.23. The maximum absolute atomic E-state index is 3.95. The maximum atomic E-state index is 3.95. The van der Waals surface area contributed by atoms with Crippen LogP contribution in [0.3, 0.4) is 0 Å². The third-order valence-corrected chi connectivity index (χ3v) is 12.1. The van der Waals surface area contributed by atoms with E-state index in [2.05, 4.69) is 193 Å². The summed E-state index contributed by atoms with van der Waals surface area (Å²) in [5.41, 5.74) is 10.7. The van der Waals surface area contributed by atoms with Gasteiger partial charge in [-0.05, 0) is 117 Å². The summed E-state index contributed by atoms with van der Waals surface area (Å²) in [4.78, 5) is 2.46. The van der Waals surface area contributed by atoms with Gasteiger partial charge in [0.25, 0.3) is 0 Å². The Morgan fingerprint density at radius 1 is 0.630 bits per heavy atom. The van der Waals surface area contributed by atoms with Gasteiger partial charge in [-0.15, -0.1) is 11.3 Å². The number of benzene rings is 7. The molecule has 10 rings (SSSR count). The molecule has 7 aromatic carbocycles. The lowest BCUT2D eigenvalue weighted by molar-refractivity contribution is 0.801. The number of allylic oxidation sites excluding steroid dienone is 4. The molecule has 2 nitrogen and oxygen atoms in total. The number of anilines is 5. The molecule has 260 valence electrons. The smallest absolute Gasteiger partial charge is 0.0646 e. The number of rotatable bonds is 7. The summed E-state index contributed by atoms with van der Waals surface area (Å²) < 4.78 is 2.57. The molecule has 0 fully saturated rings. The van der Waals surface area contributed by atoms with Crippen LogP contribution in [0, 0.1) is 5.92 Å². The zero-order valence-corrected chi connectivity index (χ0v) is 31.1. The van der Waals surface area contributed by atoms with Gasteiger partial charge in [-0.1, -0.05) is 134 Å². The fourth-order valence-electron chi connectivity index (χ4n) is 8.31. The van der Waals surface area contributed by atoms with Crippen molar-refractivity contribution in [1.29, 1.82) is 0 Å². The normalized spacial score (nSPS) is 15.1. The van der Waals surface area contributed by atoms with Gasteiger partial charge in [-0.2, -0.15) is 0 Å². The topological polar surface area (TPSA) is 15.3 Å². The predicted molar refractivity (Wildman–Crippen MR) is 235 cm³/mol. The third kappa shape index (κ3) is 5.82. The minimum absolute atomic E-state index is 0.471. The van der Waals surface area contributed by atoms with Crippen LogP contribution in [-0.2, 0) is 0 Å². The van der Waals surface area contributed by atoms with Gasteiger partial charge < -0.3 is 10.2 Å². The Bertz CT molecular complexity index is 2900. The Morgan fingerprint density at radius 2 is 1.39 bits per heavy atom. The first kappa shape index (κ1) is 32.5. The van der Waals surface area contributed by atoms with E-state index >= 15 is 0 Å². The van der Waals surface area contributed by atoms with E-state index in [1.807, 2.05) is 11.3 Å². The van der Waals surface area contributed by atoms with E-state index in [0.717, 1.165) is 42.0 Å². The van der Waals surface area contributed by atoms with Crippen molar-refractivity contribution in [2.75, 3.05) is 10.2 Å². The fraction of sp³-hybridized carbons (Fsp3) is 0.0980. The van der Waals surface area contributed by atoms with Gasteiger partial charge in [0, 0.05) is 27.8 Å². The molecule has 0 amide bonds. The molecule has 2 aliphatic carbocycles. The van der Waals surface area contributed by atoms with Crippen molar-refractivity contribution >= 4 is 88.4 Å². The first-order chi connectivity index (χ1) is 26.7. The van der Waals surface area contributed by atoms with Crippen molar-refractivity contribution in [3.63, 3.8) is 0 Å². The summed E-state index contributed by atoms with van der Waals surface area (Å²) in [6, 6.07) is 53.2. The van der Waals surface area contributed by atoms with Crippen LogP contribution >= 0.6 is 11.3 Å². The van der Waals surface area contributed by atoms with Crippen LogP contribution < -0.4 is 20.7 Å². The van der Waals surface area contributed by atoms with Crippen LogP contribution in [0.2, 0.25) is 0 Å². The van der Waals surface area contributed by atoms with Crippen molar-refractivity contribution in [3.8, 4) is 11.1 Å². The molecule has 54 heavy (non-hydrogen) atoms. The van der Waals surface area contributed by atoms with Gasteiger partial charge in [-0.3, -0.25) is 0 Å². The molecular formula is C51H40N2S. The zero-order valence-electron chi connectivity index (χ0n) is 30.3. The summed E-state index contributed by atoms with van der Waals surface area (Å²) >= 11 is 1.91. The predicted octanol–water partition coefficient (Wildman–Crippen LogP) is 13.4. The molecular weight excluding hydrogens is 673 g/mol. The van der Waals surface area contributed by atoms with Crippen LogP contribution in [0.1, 0.15) is 31.7 Å². The minimum Gasteiger partial charge on any atom is -0.354 e. The molecule has 1 atom stereocenters. The number of fused-ring (bicyclic) bond motifs is 7. The molecule has 0 aliphatic heterocycles. The zero-order chi connectivity index (χ0) is 36.0. The summed E-state index contributed by atoms with van der Waals surface area (Å²) in [7, 11) is 0. The van der Waals surface area contributed by atoms with E-state index in [0.29, 0.717) is 5.92 Å². The maximum Gasteiger partial charge on any atom is 0.0646 e. The first-order valence-corrected chi connectivity index (χ1v) is 19.9. The number of nitrogens with zero attached hydrogens (tertiary/aromatic N) is 1. The molecule has 0 saturated heterocycles. The molecule has 0 spiro atoms. The average molecular weight is 713 g/mol. The molecule has 0 radical (unpaired) electrons. The highest BCUT2D eigenvalue weighted by molar-refractivity contribution is 7.27. The lowest BCUT2D eigenvalue weighted by atomic mass is 9.94. The Hall–Kier alpha value is -6.16. The number of hydrogen-bond acceptors (Lipinski definition) is 3. The van der Waals surface area contributed by atoms with Gasteiger partial charge in [0.1, 0.15) is 0 Å². The van der Waals surface area contributed by atoms with Gasteiger partial charge in [0.2, 0.25) is 0 Å². The molecule has 0 bridgehead atoms. The summed E-state index contributed by atoms with van der Waals surface area (Å²) in [6.45, 7) is 2.34.